The van der Waals surface area contributed by atoms with Gasteiger partial charge in [-0.2, -0.15) is 0 Å². The van der Waals surface area contributed by atoms with Crippen LogP contribution in [0.5, 0.6) is 0 Å². The molecule has 1 heterocycles. The average molecular weight is 177 g/mol. The van der Waals surface area contributed by atoms with E-state index in [2.05, 4.69) is 6.08 Å². The van der Waals surface area contributed by atoms with E-state index in [9.17, 15) is 0 Å². The maximum absolute atomic E-state index is 6.05. The number of nitrogens with two attached hydrogens (primary N) is 1. The number of allylic oxidation sites excluding steroid dienone is 1. The van der Waals surface area contributed by atoms with Gasteiger partial charge in [0.1, 0.15) is 5.76 Å². The van der Waals surface area contributed by atoms with Crippen LogP contribution in [0.15, 0.2) is 34.5 Å². The van der Waals surface area contributed by atoms with Gasteiger partial charge in [-0.3, -0.25) is 0 Å². The number of hydrogen-bond donors (Lipinski definition) is 1. The van der Waals surface area contributed by atoms with Crippen LogP contribution in [-0.2, 0) is 0 Å². The van der Waals surface area contributed by atoms with Crippen LogP contribution in [-0.4, -0.2) is 0 Å². The molecule has 1 atom stereocenters. The van der Waals surface area contributed by atoms with Crippen LogP contribution in [0.4, 0.5) is 0 Å². The summed E-state index contributed by atoms with van der Waals surface area (Å²) in [7, 11) is 0. The Bertz CT molecular complexity index is 287. The van der Waals surface area contributed by atoms with Gasteiger partial charge in [0.25, 0.3) is 0 Å². The predicted octanol–water partition coefficient (Wildman–Crippen LogP) is 2.78. The van der Waals surface area contributed by atoms with Crippen LogP contribution >= 0.6 is 0 Å². The fourth-order valence-electron chi connectivity index (χ4n) is 1.80. The summed E-state index contributed by atoms with van der Waals surface area (Å²) in [5.41, 5.74) is 7.39. The summed E-state index contributed by atoms with van der Waals surface area (Å²) in [6.45, 7) is 0. The summed E-state index contributed by atoms with van der Waals surface area (Å²) in [6, 6.07) is 3.81. The molecule has 0 aliphatic heterocycles. The third-order valence-electron chi connectivity index (χ3n) is 2.58. The highest BCUT2D eigenvalue weighted by molar-refractivity contribution is 5.20. The second kappa shape index (κ2) is 3.79. The van der Waals surface area contributed by atoms with Crippen LogP contribution in [0.1, 0.15) is 37.5 Å². The molecule has 0 radical (unpaired) electrons. The topological polar surface area (TPSA) is 39.2 Å². The maximum atomic E-state index is 6.05. The van der Waals surface area contributed by atoms with E-state index in [-0.39, 0.29) is 6.04 Å². The molecule has 2 N–H and O–H groups in total. The van der Waals surface area contributed by atoms with Gasteiger partial charge in [0, 0.05) is 0 Å². The summed E-state index contributed by atoms with van der Waals surface area (Å²) in [6.07, 6.45) is 8.80. The third-order valence-corrected chi connectivity index (χ3v) is 2.58. The zero-order chi connectivity index (χ0) is 9.10. The molecule has 0 aromatic carbocycles. The molecule has 0 saturated heterocycles. The standard InChI is InChI=1S/C11H15NO/c12-11(10-7-4-8-13-10)9-5-2-1-3-6-9/h4-5,7-8,11H,1-3,6,12H2. The Labute approximate surface area is 78.4 Å². The Morgan fingerprint density at radius 1 is 1.38 bits per heavy atom. The summed E-state index contributed by atoms with van der Waals surface area (Å²) in [4.78, 5) is 0. The molecule has 1 aromatic rings. The van der Waals surface area contributed by atoms with Crippen molar-refractivity contribution in [1.82, 2.24) is 0 Å². The molecular formula is C11H15NO. The maximum Gasteiger partial charge on any atom is 0.124 e. The van der Waals surface area contributed by atoms with E-state index >= 15 is 0 Å². The van der Waals surface area contributed by atoms with Crippen molar-refractivity contribution in [1.29, 1.82) is 0 Å². The van der Waals surface area contributed by atoms with Gasteiger partial charge in [0.15, 0.2) is 0 Å². The van der Waals surface area contributed by atoms with Crippen molar-refractivity contribution in [2.75, 3.05) is 0 Å². The van der Waals surface area contributed by atoms with Gasteiger partial charge in [0.05, 0.1) is 12.3 Å². The van der Waals surface area contributed by atoms with Crippen LogP contribution in [0.2, 0.25) is 0 Å². The van der Waals surface area contributed by atoms with Gasteiger partial charge in [0.2, 0.25) is 0 Å². The number of hydrogen-bond acceptors (Lipinski definition) is 2. The first kappa shape index (κ1) is 8.57. The minimum absolute atomic E-state index is 0.0182. The van der Waals surface area contributed by atoms with Crippen molar-refractivity contribution in [2.45, 2.75) is 31.7 Å². The summed E-state index contributed by atoms with van der Waals surface area (Å²) in [5, 5.41) is 0. The van der Waals surface area contributed by atoms with E-state index in [1.807, 2.05) is 12.1 Å². The van der Waals surface area contributed by atoms with Gasteiger partial charge in [-0.05, 0) is 43.4 Å². The van der Waals surface area contributed by atoms with Gasteiger partial charge in [-0.15, -0.1) is 0 Å². The van der Waals surface area contributed by atoms with E-state index < -0.39 is 0 Å². The highest BCUT2D eigenvalue weighted by Crippen LogP contribution is 2.27. The van der Waals surface area contributed by atoms with E-state index in [0.717, 1.165) is 12.2 Å². The number of furan rings is 1. The lowest BCUT2D eigenvalue weighted by atomic mass is 9.93. The van der Waals surface area contributed by atoms with Crippen molar-refractivity contribution in [3.63, 3.8) is 0 Å². The zero-order valence-corrected chi connectivity index (χ0v) is 7.70. The molecule has 13 heavy (non-hydrogen) atoms. The first-order valence-corrected chi connectivity index (χ1v) is 4.86. The molecule has 0 saturated carbocycles. The molecule has 2 rings (SSSR count). The first-order valence-electron chi connectivity index (χ1n) is 4.86. The van der Waals surface area contributed by atoms with Gasteiger partial charge < -0.3 is 10.2 Å². The molecule has 1 aliphatic rings. The Hall–Kier alpha value is -1.02. The van der Waals surface area contributed by atoms with Crippen molar-refractivity contribution < 1.29 is 4.42 Å². The molecule has 0 spiro atoms. The molecule has 1 aromatic heterocycles. The molecule has 0 bridgehead atoms. The molecular weight excluding hydrogens is 162 g/mol. The average Bonchev–Trinajstić information content (AvgIpc) is 2.71. The first-order chi connectivity index (χ1) is 6.38. The van der Waals surface area contributed by atoms with Crippen LogP contribution in [0.25, 0.3) is 0 Å². The van der Waals surface area contributed by atoms with Crippen LogP contribution in [0, 0.1) is 0 Å². The lowest BCUT2D eigenvalue weighted by Gasteiger charge is -2.17. The summed E-state index contributed by atoms with van der Waals surface area (Å²) < 4.78 is 5.28. The largest absolute Gasteiger partial charge is 0.467 e. The molecule has 1 aliphatic carbocycles. The molecule has 0 fully saturated rings. The zero-order valence-electron chi connectivity index (χ0n) is 7.70. The van der Waals surface area contributed by atoms with Crippen molar-refractivity contribution >= 4 is 0 Å². The van der Waals surface area contributed by atoms with E-state index in [1.165, 1.54) is 24.8 Å². The van der Waals surface area contributed by atoms with Gasteiger partial charge in [-0.1, -0.05) is 6.08 Å². The third kappa shape index (κ3) is 1.83. The van der Waals surface area contributed by atoms with Crippen molar-refractivity contribution in [3.05, 3.63) is 35.8 Å². The Morgan fingerprint density at radius 2 is 2.31 bits per heavy atom. The van der Waals surface area contributed by atoms with E-state index in [1.54, 1.807) is 6.26 Å². The van der Waals surface area contributed by atoms with Crippen molar-refractivity contribution in [3.8, 4) is 0 Å². The molecule has 2 nitrogen and oxygen atoms in total. The van der Waals surface area contributed by atoms with Crippen LogP contribution in [0.3, 0.4) is 0 Å². The Kier molecular flexibility index (Phi) is 2.50. The minimum atomic E-state index is -0.0182. The smallest absolute Gasteiger partial charge is 0.124 e. The fraction of sp³-hybridized carbons (Fsp3) is 0.455. The second-order valence-corrected chi connectivity index (χ2v) is 3.52. The second-order valence-electron chi connectivity index (χ2n) is 3.52. The van der Waals surface area contributed by atoms with E-state index in [0.29, 0.717) is 0 Å². The lowest BCUT2D eigenvalue weighted by molar-refractivity contribution is 0.477. The number of rotatable bonds is 2. The minimum Gasteiger partial charge on any atom is -0.467 e. The fourth-order valence-corrected chi connectivity index (χ4v) is 1.80. The highest BCUT2D eigenvalue weighted by Gasteiger charge is 2.15. The van der Waals surface area contributed by atoms with Gasteiger partial charge >= 0.3 is 0 Å². The lowest BCUT2D eigenvalue weighted by Crippen LogP contribution is -2.13. The molecule has 70 valence electrons. The SMILES string of the molecule is NC(C1=CCCCC1)c1ccco1. The van der Waals surface area contributed by atoms with Crippen LogP contribution < -0.4 is 5.73 Å². The van der Waals surface area contributed by atoms with E-state index in [4.69, 9.17) is 10.2 Å². The molecule has 0 amide bonds. The quantitative estimate of drug-likeness (QED) is 0.705. The highest BCUT2D eigenvalue weighted by atomic mass is 16.3. The van der Waals surface area contributed by atoms with Gasteiger partial charge in [-0.25, -0.2) is 0 Å². The summed E-state index contributed by atoms with van der Waals surface area (Å²) >= 11 is 0. The molecule has 1 unspecified atom stereocenters. The normalized spacial score (nSPS) is 19.6. The molecule has 2 heteroatoms. The monoisotopic (exact) mass is 177 g/mol. The van der Waals surface area contributed by atoms with Crippen molar-refractivity contribution in [2.24, 2.45) is 5.73 Å². The Balaban J connectivity index is 2.12. The predicted molar refractivity (Wildman–Crippen MR) is 52.2 cm³/mol. The summed E-state index contributed by atoms with van der Waals surface area (Å²) in [5.74, 6) is 0.883. The Morgan fingerprint density at radius 3 is 2.92 bits per heavy atom.